The lowest BCUT2D eigenvalue weighted by molar-refractivity contribution is -0.126. The lowest BCUT2D eigenvalue weighted by Crippen LogP contribution is -2.40. The van der Waals surface area contributed by atoms with E-state index in [1.807, 2.05) is 31.2 Å². The number of carbonyl (C=O) groups excluding carboxylic acids is 2. The zero-order chi connectivity index (χ0) is 16.8. The minimum atomic E-state index is -1.04. The number of ether oxygens (including phenoxy) is 1. The quantitative estimate of drug-likeness (QED) is 0.888. The minimum Gasteiger partial charge on any atom is -0.495 e. The standard InChI is InChI=1S/C18H20N2O3/c1-10-5-3-4-6-12(10)14-9-23-15-13(14)7-11(16(19)21)8-18(15,2)17(20)22/h3-7,14H,8-9H2,1-2H3,(H2,19,21)(H2,20,22). The summed E-state index contributed by atoms with van der Waals surface area (Å²) in [5.74, 6) is -0.496. The summed E-state index contributed by atoms with van der Waals surface area (Å²) < 4.78 is 5.87. The Morgan fingerprint density at radius 1 is 1.26 bits per heavy atom. The predicted molar refractivity (Wildman–Crippen MR) is 86.1 cm³/mol. The zero-order valence-corrected chi connectivity index (χ0v) is 13.3. The van der Waals surface area contributed by atoms with Gasteiger partial charge in [0.1, 0.15) is 11.2 Å². The van der Waals surface area contributed by atoms with E-state index in [0.29, 0.717) is 17.9 Å². The van der Waals surface area contributed by atoms with Gasteiger partial charge in [-0.25, -0.2) is 0 Å². The van der Waals surface area contributed by atoms with Crippen molar-refractivity contribution in [3.05, 3.63) is 58.4 Å². The van der Waals surface area contributed by atoms with Gasteiger partial charge in [0, 0.05) is 17.1 Å². The molecular weight excluding hydrogens is 292 g/mol. The average Bonchev–Trinajstić information content (AvgIpc) is 2.92. The Hall–Kier alpha value is -2.56. The maximum atomic E-state index is 12.0. The van der Waals surface area contributed by atoms with Crippen LogP contribution in [-0.4, -0.2) is 18.4 Å². The molecule has 0 aromatic heterocycles. The van der Waals surface area contributed by atoms with Crippen LogP contribution in [0.4, 0.5) is 0 Å². The molecule has 0 fully saturated rings. The highest BCUT2D eigenvalue weighted by atomic mass is 16.5. The largest absolute Gasteiger partial charge is 0.495 e. The van der Waals surface area contributed by atoms with Crippen LogP contribution in [-0.2, 0) is 14.3 Å². The fraction of sp³-hybridized carbons (Fsp3) is 0.333. The molecule has 2 atom stereocenters. The molecule has 2 amide bonds. The summed E-state index contributed by atoms with van der Waals surface area (Å²) in [6.45, 7) is 4.17. The molecule has 2 aliphatic rings. The van der Waals surface area contributed by atoms with E-state index in [2.05, 4.69) is 0 Å². The Kier molecular flexibility index (Phi) is 3.51. The van der Waals surface area contributed by atoms with Crippen molar-refractivity contribution in [3.8, 4) is 0 Å². The molecule has 1 heterocycles. The molecule has 120 valence electrons. The highest BCUT2D eigenvalue weighted by Gasteiger charge is 2.47. The molecule has 5 heteroatoms. The van der Waals surface area contributed by atoms with E-state index in [1.165, 1.54) is 0 Å². The number of hydrogen-bond donors (Lipinski definition) is 2. The van der Waals surface area contributed by atoms with Crippen LogP contribution in [0.25, 0.3) is 0 Å². The fourth-order valence-electron chi connectivity index (χ4n) is 3.43. The van der Waals surface area contributed by atoms with Crippen LogP contribution >= 0.6 is 0 Å². The van der Waals surface area contributed by atoms with Crippen LogP contribution in [0.15, 0.2) is 47.2 Å². The molecule has 1 aromatic rings. The van der Waals surface area contributed by atoms with Crippen molar-refractivity contribution in [2.75, 3.05) is 6.61 Å². The van der Waals surface area contributed by atoms with E-state index in [4.69, 9.17) is 16.2 Å². The number of rotatable bonds is 3. The van der Waals surface area contributed by atoms with Crippen molar-refractivity contribution >= 4 is 11.8 Å². The highest BCUT2D eigenvalue weighted by Crippen LogP contribution is 2.49. The van der Waals surface area contributed by atoms with Crippen LogP contribution in [0.1, 0.15) is 30.4 Å². The van der Waals surface area contributed by atoms with Gasteiger partial charge in [0.15, 0.2) is 0 Å². The molecule has 1 aliphatic carbocycles. The number of benzene rings is 1. The first kappa shape index (κ1) is 15.3. The van der Waals surface area contributed by atoms with Gasteiger partial charge in [-0.05, 0) is 37.5 Å². The molecule has 2 unspecified atom stereocenters. The van der Waals surface area contributed by atoms with E-state index in [1.54, 1.807) is 13.0 Å². The Balaban J connectivity index is 2.15. The maximum absolute atomic E-state index is 12.0. The molecule has 0 saturated heterocycles. The Morgan fingerprint density at radius 3 is 2.57 bits per heavy atom. The van der Waals surface area contributed by atoms with Crippen molar-refractivity contribution in [2.45, 2.75) is 26.2 Å². The fourth-order valence-corrected chi connectivity index (χ4v) is 3.43. The summed E-state index contributed by atoms with van der Waals surface area (Å²) in [7, 11) is 0. The molecule has 1 aliphatic heterocycles. The second kappa shape index (κ2) is 5.26. The molecular formula is C18H20N2O3. The smallest absolute Gasteiger partial charge is 0.244 e. The van der Waals surface area contributed by atoms with Gasteiger partial charge in [-0.1, -0.05) is 24.3 Å². The van der Waals surface area contributed by atoms with Gasteiger partial charge < -0.3 is 16.2 Å². The van der Waals surface area contributed by atoms with Crippen LogP contribution in [0.2, 0.25) is 0 Å². The van der Waals surface area contributed by atoms with E-state index in [9.17, 15) is 9.59 Å². The first-order chi connectivity index (χ1) is 10.8. The Bertz CT molecular complexity index is 763. The van der Waals surface area contributed by atoms with Gasteiger partial charge in [-0.15, -0.1) is 0 Å². The van der Waals surface area contributed by atoms with Crippen LogP contribution < -0.4 is 11.5 Å². The number of primary amides is 2. The molecule has 3 rings (SSSR count). The predicted octanol–water partition coefficient (Wildman–Crippen LogP) is 1.67. The van der Waals surface area contributed by atoms with E-state index in [-0.39, 0.29) is 12.3 Å². The highest BCUT2D eigenvalue weighted by molar-refractivity contribution is 5.96. The number of amides is 2. The third-order valence-electron chi connectivity index (χ3n) is 4.83. The summed E-state index contributed by atoms with van der Waals surface area (Å²) in [6, 6.07) is 8.01. The maximum Gasteiger partial charge on any atom is 0.244 e. The lowest BCUT2D eigenvalue weighted by Gasteiger charge is -2.31. The molecule has 1 aromatic carbocycles. The van der Waals surface area contributed by atoms with Gasteiger partial charge in [-0.2, -0.15) is 0 Å². The summed E-state index contributed by atoms with van der Waals surface area (Å²) >= 11 is 0. The first-order valence-electron chi connectivity index (χ1n) is 7.58. The van der Waals surface area contributed by atoms with Crippen molar-refractivity contribution < 1.29 is 14.3 Å². The van der Waals surface area contributed by atoms with Gasteiger partial charge in [0.05, 0.1) is 6.61 Å². The van der Waals surface area contributed by atoms with Gasteiger partial charge in [-0.3, -0.25) is 9.59 Å². The monoisotopic (exact) mass is 312 g/mol. The van der Waals surface area contributed by atoms with E-state index in [0.717, 1.165) is 16.7 Å². The van der Waals surface area contributed by atoms with E-state index < -0.39 is 17.2 Å². The number of hydrogen-bond acceptors (Lipinski definition) is 3. The molecule has 0 radical (unpaired) electrons. The number of nitrogens with two attached hydrogens (primary N) is 2. The van der Waals surface area contributed by atoms with Crippen molar-refractivity contribution in [2.24, 2.45) is 16.9 Å². The normalized spacial score (nSPS) is 26.3. The third kappa shape index (κ3) is 2.32. The molecule has 23 heavy (non-hydrogen) atoms. The number of aryl methyl sites for hydroxylation is 1. The topological polar surface area (TPSA) is 95.4 Å². The molecule has 0 spiro atoms. The molecule has 0 saturated carbocycles. The Labute approximate surface area is 135 Å². The van der Waals surface area contributed by atoms with Crippen LogP contribution in [0.5, 0.6) is 0 Å². The van der Waals surface area contributed by atoms with Crippen LogP contribution in [0, 0.1) is 12.3 Å². The average molecular weight is 312 g/mol. The van der Waals surface area contributed by atoms with Crippen LogP contribution in [0.3, 0.4) is 0 Å². The summed E-state index contributed by atoms with van der Waals surface area (Å²) in [6.07, 6.45) is 1.95. The zero-order valence-electron chi connectivity index (χ0n) is 13.3. The number of allylic oxidation sites excluding steroid dienone is 1. The summed E-state index contributed by atoms with van der Waals surface area (Å²) in [4.78, 5) is 23.7. The van der Waals surface area contributed by atoms with Crippen molar-refractivity contribution in [3.63, 3.8) is 0 Å². The second-order valence-corrected chi connectivity index (χ2v) is 6.41. The van der Waals surface area contributed by atoms with Gasteiger partial charge >= 0.3 is 0 Å². The minimum absolute atomic E-state index is 0.0282. The summed E-state index contributed by atoms with van der Waals surface area (Å²) in [5, 5.41) is 0. The molecule has 4 N–H and O–H groups in total. The van der Waals surface area contributed by atoms with Gasteiger partial charge in [0.2, 0.25) is 11.8 Å². The van der Waals surface area contributed by atoms with Crippen molar-refractivity contribution in [1.29, 1.82) is 0 Å². The lowest BCUT2D eigenvalue weighted by atomic mass is 9.73. The number of carbonyl (C=O) groups is 2. The van der Waals surface area contributed by atoms with Gasteiger partial charge in [0.25, 0.3) is 0 Å². The van der Waals surface area contributed by atoms with Crippen molar-refractivity contribution in [1.82, 2.24) is 0 Å². The molecule has 0 bridgehead atoms. The molecule has 5 nitrogen and oxygen atoms in total. The second-order valence-electron chi connectivity index (χ2n) is 6.41. The SMILES string of the molecule is Cc1ccccc1C1COC2=C1C=C(C(N)=O)CC2(C)C(N)=O. The first-order valence-corrected chi connectivity index (χ1v) is 7.58. The summed E-state index contributed by atoms with van der Waals surface area (Å²) in [5.41, 5.74) is 13.5. The Morgan fingerprint density at radius 2 is 1.96 bits per heavy atom. The van der Waals surface area contributed by atoms with E-state index >= 15 is 0 Å². The third-order valence-corrected chi connectivity index (χ3v) is 4.83.